The van der Waals surface area contributed by atoms with Gasteiger partial charge in [0.2, 0.25) is 10.0 Å². The highest BCUT2D eigenvalue weighted by Crippen LogP contribution is 2.31. The van der Waals surface area contributed by atoms with Gasteiger partial charge in [-0.05, 0) is 36.4 Å². The minimum absolute atomic E-state index is 0.116. The summed E-state index contributed by atoms with van der Waals surface area (Å²) >= 11 is 0. The van der Waals surface area contributed by atoms with E-state index in [2.05, 4.69) is 14.5 Å². The summed E-state index contributed by atoms with van der Waals surface area (Å²) in [4.78, 5) is 11.7. The second-order valence-electron chi connectivity index (χ2n) is 8.24. The van der Waals surface area contributed by atoms with E-state index < -0.39 is 10.0 Å². The lowest BCUT2D eigenvalue weighted by atomic mass is 10.3. The Morgan fingerprint density at radius 3 is 2.40 bits per heavy atom. The van der Waals surface area contributed by atoms with Gasteiger partial charge in [-0.1, -0.05) is 18.2 Å². The highest BCUT2D eigenvalue weighted by Gasteiger charge is 2.32. The van der Waals surface area contributed by atoms with Gasteiger partial charge in [0.15, 0.2) is 5.65 Å². The molecule has 9 nitrogen and oxygen atoms in total. The predicted molar refractivity (Wildman–Crippen MR) is 132 cm³/mol. The standard InChI is InChI=1S/C25H27N5O4S/c1-33-20-10-11-22(34-2)23(17-20)35(31,32)29-15-13-28(14-16-29)18-24-27-21-9-6-12-26-25(21)30(24)19-7-4-3-5-8-19/h3-12,17H,13-16,18H2,1-2H3. The number of fused-ring (bicyclic) bond motifs is 1. The normalized spacial score (nSPS) is 15.4. The second kappa shape index (κ2) is 9.65. The average Bonchev–Trinajstić information content (AvgIpc) is 3.26. The maximum absolute atomic E-state index is 13.4. The van der Waals surface area contributed by atoms with Crippen molar-refractivity contribution in [2.75, 3.05) is 40.4 Å². The smallest absolute Gasteiger partial charge is 0.246 e. The minimum Gasteiger partial charge on any atom is -0.497 e. The lowest BCUT2D eigenvalue weighted by Crippen LogP contribution is -2.48. The van der Waals surface area contributed by atoms with Crippen LogP contribution in [0.2, 0.25) is 0 Å². The maximum Gasteiger partial charge on any atom is 0.246 e. The van der Waals surface area contributed by atoms with Crippen LogP contribution >= 0.6 is 0 Å². The van der Waals surface area contributed by atoms with Crippen LogP contribution in [0.4, 0.5) is 0 Å². The molecule has 182 valence electrons. The summed E-state index contributed by atoms with van der Waals surface area (Å²) in [5.41, 5.74) is 2.63. The first-order chi connectivity index (χ1) is 17.0. The zero-order chi connectivity index (χ0) is 24.4. The van der Waals surface area contributed by atoms with E-state index in [1.54, 1.807) is 18.3 Å². The van der Waals surface area contributed by atoms with Crippen LogP contribution in [-0.2, 0) is 16.6 Å². The molecule has 10 heteroatoms. The first-order valence-electron chi connectivity index (χ1n) is 11.3. The van der Waals surface area contributed by atoms with Crippen LogP contribution in [-0.4, -0.2) is 72.6 Å². The Balaban J connectivity index is 1.36. The monoisotopic (exact) mass is 493 g/mol. The van der Waals surface area contributed by atoms with Gasteiger partial charge in [-0.15, -0.1) is 0 Å². The molecule has 1 aliphatic rings. The molecule has 3 heterocycles. The zero-order valence-electron chi connectivity index (χ0n) is 19.7. The molecule has 0 amide bonds. The molecule has 1 fully saturated rings. The van der Waals surface area contributed by atoms with E-state index in [0.29, 0.717) is 44.2 Å². The summed E-state index contributed by atoms with van der Waals surface area (Å²) in [6, 6.07) is 18.7. The second-order valence-corrected chi connectivity index (χ2v) is 10.1. The van der Waals surface area contributed by atoms with Crippen molar-refractivity contribution >= 4 is 21.2 Å². The van der Waals surface area contributed by atoms with Crippen LogP contribution in [0.15, 0.2) is 71.8 Å². The number of nitrogens with zero attached hydrogens (tertiary/aromatic N) is 5. The highest BCUT2D eigenvalue weighted by atomic mass is 32.2. The Hall–Kier alpha value is -3.47. The SMILES string of the molecule is COc1ccc(OC)c(S(=O)(=O)N2CCN(Cc3nc4cccnc4n3-c3ccccc3)CC2)c1. The first kappa shape index (κ1) is 23.3. The minimum atomic E-state index is -3.73. The highest BCUT2D eigenvalue weighted by molar-refractivity contribution is 7.89. The Bertz CT molecular complexity index is 1430. The molecule has 0 N–H and O–H groups in total. The summed E-state index contributed by atoms with van der Waals surface area (Å²) in [7, 11) is -0.761. The van der Waals surface area contributed by atoms with Gasteiger partial charge in [-0.3, -0.25) is 9.47 Å². The summed E-state index contributed by atoms with van der Waals surface area (Å²) in [5, 5.41) is 0. The van der Waals surface area contributed by atoms with E-state index in [9.17, 15) is 8.42 Å². The number of para-hydroxylation sites is 1. The number of aromatic nitrogens is 3. The van der Waals surface area contributed by atoms with Crippen LogP contribution in [0.3, 0.4) is 0 Å². The molecule has 0 aliphatic carbocycles. The first-order valence-corrected chi connectivity index (χ1v) is 12.8. The van der Waals surface area contributed by atoms with E-state index in [1.165, 1.54) is 24.6 Å². The van der Waals surface area contributed by atoms with Crippen molar-refractivity contribution < 1.29 is 17.9 Å². The van der Waals surface area contributed by atoms with Gasteiger partial charge in [-0.25, -0.2) is 18.4 Å². The van der Waals surface area contributed by atoms with E-state index in [1.807, 2.05) is 42.5 Å². The van der Waals surface area contributed by atoms with E-state index >= 15 is 0 Å². The molecule has 1 aliphatic heterocycles. The molecule has 0 radical (unpaired) electrons. The van der Waals surface area contributed by atoms with Crippen molar-refractivity contribution in [3.8, 4) is 17.2 Å². The van der Waals surface area contributed by atoms with Crippen molar-refractivity contribution in [3.63, 3.8) is 0 Å². The van der Waals surface area contributed by atoms with E-state index in [-0.39, 0.29) is 4.90 Å². The molecule has 5 rings (SSSR count). The van der Waals surface area contributed by atoms with Gasteiger partial charge in [0.1, 0.15) is 27.7 Å². The number of imidazole rings is 1. The number of methoxy groups -OCH3 is 2. The number of rotatable bonds is 7. The Kier molecular flexibility index (Phi) is 6.42. The molecule has 4 aromatic rings. The molecule has 0 bridgehead atoms. The van der Waals surface area contributed by atoms with Crippen LogP contribution in [0, 0.1) is 0 Å². The number of hydrogen-bond donors (Lipinski definition) is 0. The van der Waals surface area contributed by atoms with Gasteiger partial charge in [0.25, 0.3) is 0 Å². The van der Waals surface area contributed by atoms with Crippen molar-refractivity contribution in [3.05, 3.63) is 72.7 Å². The fourth-order valence-corrected chi connectivity index (χ4v) is 5.96. The molecular formula is C25H27N5O4S. The average molecular weight is 494 g/mol. The molecule has 0 unspecified atom stereocenters. The largest absolute Gasteiger partial charge is 0.497 e. The van der Waals surface area contributed by atoms with Gasteiger partial charge in [0.05, 0.1) is 20.8 Å². The quantitative estimate of drug-likeness (QED) is 0.391. The van der Waals surface area contributed by atoms with Crippen LogP contribution in [0.1, 0.15) is 5.82 Å². The summed E-state index contributed by atoms with van der Waals surface area (Å²) < 4.78 is 40.9. The molecule has 2 aromatic heterocycles. The van der Waals surface area contributed by atoms with E-state index in [0.717, 1.165) is 22.7 Å². The van der Waals surface area contributed by atoms with Gasteiger partial charge in [0, 0.05) is 44.1 Å². The van der Waals surface area contributed by atoms with Crippen molar-refractivity contribution in [2.45, 2.75) is 11.4 Å². The summed E-state index contributed by atoms with van der Waals surface area (Å²) in [5.74, 6) is 1.64. The van der Waals surface area contributed by atoms with Crippen molar-refractivity contribution in [1.29, 1.82) is 0 Å². The molecule has 0 saturated carbocycles. The number of piperazine rings is 1. The molecule has 2 aromatic carbocycles. The fourth-order valence-electron chi connectivity index (χ4n) is 4.37. The van der Waals surface area contributed by atoms with Gasteiger partial charge >= 0.3 is 0 Å². The summed E-state index contributed by atoms with van der Waals surface area (Å²) in [6.45, 7) is 2.48. The molecule has 35 heavy (non-hydrogen) atoms. The number of benzene rings is 2. The molecule has 0 spiro atoms. The Morgan fingerprint density at radius 2 is 1.69 bits per heavy atom. The van der Waals surface area contributed by atoms with E-state index in [4.69, 9.17) is 14.5 Å². The third kappa shape index (κ3) is 4.47. The van der Waals surface area contributed by atoms with Crippen molar-refractivity contribution in [2.24, 2.45) is 0 Å². The Labute approximate surface area is 204 Å². The lowest BCUT2D eigenvalue weighted by molar-refractivity contribution is 0.177. The number of sulfonamides is 1. The topological polar surface area (TPSA) is 89.8 Å². The van der Waals surface area contributed by atoms with Gasteiger partial charge in [-0.2, -0.15) is 4.31 Å². The Morgan fingerprint density at radius 1 is 0.914 bits per heavy atom. The van der Waals surface area contributed by atoms with Gasteiger partial charge < -0.3 is 9.47 Å². The van der Waals surface area contributed by atoms with Crippen LogP contribution in [0.25, 0.3) is 16.9 Å². The molecule has 0 atom stereocenters. The predicted octanol–water partition coefficient (Wildman–Crippen LogP) is 2.94. The molecule has 1 saturated heterocycles. The third-order valence-electron chi connectivity index (χ3n) is 6.18. The zero-order valence-corrected chi connectivity index (χ0v) is 20.5. The summed E-state index contributed by atoms with van der Waals surface area (Å²) in [6.07, 6.45) is 1.77. The van der Waals surface area contributed by atoms with Crippen LogP contribution < -0.4 is 9.47 Å². The number of ether oxygens (including phenoxy) is 2. The molecular weight excluding hydrogens is 466 g/mol. The van der Waals surface area contributed by atoms with Crippen LogP contribution in [0.5, 0.6) is 11.5 Å². The fraction of sp³-hybridized carbons (Fsp3) is 0.280. The number of hydrogen-bond acceptors (Lipinski definition) is 7. The third-order valence-corrected chi connectivity index (χ3v) is 8.10. The van der Waals surface area contributed by atoms with Crippen molar-refractivity contribution in [1.82, 2.24) is 23.7 Å². The lowest BCUT2D eigenvalue weighted by Gasteiger charge is -2.34. The number of pyridine rings is 1. The maximum atomic E-state index is 13.4.